The van der Waals surface area contributed by atoms with Crippen molar-refractivity contribution in [3.05, 3.63) is 33.2 Å². The summed E-state index contributed by atoms with van der Waals surface area (Å²) in [5, 5.41) is 0.148. The molecular weight excluding hydrogens is 186 g/mol. The molecule has 0 aliphatic rings. The van der Waals surface area contributed by atoms with Crippen LogP contribution in [0.5, 0.6) is 0 Å². The van der Waals surface area contributed by atoms with E-state index in [9.17, 15) is 9.59 Å². The van der Waals surface area contributed by atoms with Crippen molar-refractivity contribution in [2.24, 2.45) is 0 Å². The Morgan fingerprint density at radius 3 is 2.73 bits per heavy atom. The maximum Gasteiger partial charge on any atom is 0.272 e. The monoisotopic (exact) mass is 189 g/mol. The molecule has 0 atom stereocenters. The Morgan fingerprint density at radius 1 is 1.64 bits per heavy atom. The third kappa shape index (κ3) is 1.46. The molecule has 0 saturated carbocycles. The first-order valence-corrected chi connectivity index (χ1v) is 3.50. The molecule has 1 aromatic heterocycles. The van der Waals surface area contributed by atoms with Gasteiger partial charge < -0.3 is 0 Å². The summed E-state index contributed by atoms with van der Waals surface area (Å²) >= 11 is 9.28. The predicted octanol–water partition coefficient (Wildman–Crippen LogP) is 1.01. The van der Waals surface area contributed by atoms with Gasteiger partial charge in [-0.15, -0.1) is 0 Å². The quantitative estimate of drug-likeness (QED) is 0.529. The van der Waals surface area contributed by atoms with Gasteiger partial charge in [0.1, 0.15) is 0 Å². The predicted molar refractivity (Wildman–Crippen MR) is 45.5 cm³/mol. The van der Waals surface area contributed by atoms with Crippen molar-refractivity contribution in [1.29, 1.82) is 0 Å². The molecule has 0 aliphatic heterocycles. The molecule has 58 valence electrons. The lowest BCUT2D eigenvalue weighted by Gasteiger charge is -1.96. The number of carbonyl (C=O) groups is 1. The molecule has 0 unspecified atom stereocenters. The van der Waals surface area contributed by atoms with Crippen molar-refractivity contribution in [2.45, 2.75) is 0 Å². The second-order valence-corrected chi connectivity index (χ2v) is 2.68. The fraction of sp³-hybridized carbons (Fsp3) is 0. The fourth-order valence-electron chi connectivity index (χ4n) is 0.626. The number of rotatable bonds is 1. The Balaban J connectivity index is 3.54. The first-order valence-electron chi connectivity index (χ1n) is 2.72. The first-order chi connectivity index (χ1) is 5.16. The van der Waals surface area contributed by atoms with Crippen LogP contribution in [0.25, 0.3) is 0 Å². The molecule has 0 aliphatic carbocycles. The van der Waals surface area contributed by atoms with E-state index < -0.39 is 5.56 Å². The van der Waals surface area contributed by atoms with Crippen molar-refractivity contribution >= 4 is 30.7 Å². The molecule has 0 bridgehead atoms. The topological polar surface area (TPSA) is 39.1 Å². The molecule has 1 heterocycles. The lowest BCUT2D eigenvalue weighted by atomic mass is 10.3. The maximum atomic E-state index is 11.0. The SMILES string of the molecule is O=Cc1c(Cl)ccn(S)c1=O. The van der Waals surface area contributed by atoms with Crippen LogP contribution < -0.4 is 5.56 Å². The average molecular weight is 190 g/mol. The summed E-state index contributed by atoms with van der Waals surface area (Å²) in [5.74, 6) is 0. The molecule has 0 saturated heterocycles. The summed E-state index contributed by atoms with van der Waals surface area (Å²) in [4.78, 5) is 21.3. The summed E-state index contributed by atoms with van der Waals surface area (Å²) in [6.07, 6.45) is 1.79. The number of carbonyl (C=O) groups excluding carboxylic acids is 1. The number of thiol groups is 1. The van der Waals surface area contributed by atoms with Crippen LogP contribution in [-0.4, -0.2) is 10.3 Å². The highest BCUT2D eigenvalue weighted by molar-refractivity contribution is 7.78. The van der Waals surface area contributed by atoms with E-state index in [4.69, 9.17) is 11.6 Å². The summed E-state index contributed by atoms with van der Waals surface area (Å²) < 4.78 is 0.996. The van der Waals surface area contributed by atoms with E-state index in [0.717, 1.165) is 3.97 Å². The van der Waals surface area contributed by atoms with Gasteiger partial charge in [-0.2, -0.15) is 0 Å². The van der Waals surface area contributed by atoms with Gasteiger partial charge >= 0.3 is 0 Å². The number of pyridine rings is 1. The van der Waals surface area contributed by atoms with Gasteiger partial charge in [0.05, 0.1) is 10.6 Å². The van der Waals surface area contributed by atoms with Crippen LogP contribution in [-0.2, 0) is 0 Å². The highest BCUT2D eigenvalue weighted by atomic mass is 35.5. The molecule has 0 spiro atoms. The maximum absolute atomic E-state index is 11.0. The molecule has 1 rings (SSSR count). The molecule has 3 nitrogen and oxygen atoms in total. The highest BCUT2D eigenvalue weighted by Gasteiger charge is 2.04. The second kappa shape index (κ2) is 3.11. The van der Waals surface area contributed by atoms with Crippen LogP contribution in [0.2, 0.25) is 5.02 Å². The number of aromatic nitrogens is 1. The molecule has 11 heavy (non-hydrogen) atoms. The molecule has 0 N–H and O–H groups in total. The number of nitrogens with zero attached hydrogens (tertiary/aromatic N) is 1. The van der Waals surface area contributed by atoms with Gasteiger partial charge in [0.25, 0.3) is 5.56 Å². The van der Waals surface area contributed by atoms with E-state index in [0.29, 0.717) is 6.29 Å². The van der Waals surface area contributed by atoms with Gasteiger partial charge in [-0.25, -0.2) is 0 Å². The summed E-state index contributed by atoms with van der Waals surface area (Å²) in [7, 11) is 0. The van der Waals surface area contributed by atoms with Gasteiger partial charge in [0.15, 0.2) is 6.29 Å². The molecule has 0 radical (unpaired) electrons. The average Bonchev–Trinajstić information content (AvgIpc) is 1.99. The van der Waals surface area contributed by atoms with Gasteiger partial charge in [-0.3, -0.25) is 13.6 Å². The molecular formula is C6H4ClNO2S. The van der Waals surface area contributed by atoms with Crippen molar-refractivity contribution < 1.29 is 4.79 Å². The van der Waals surface area contributed by atoms with Crippen LogP contribution >= 0.6 is 24.4 Å². The third-order valence-corrected chi connectivity index (χ3v) is 1.82. The van der Waals surface area contributed by atoms with Gasteiger partial charge in [0.2, 0.25) is 0 Å². The van der Waals surface area contributed by atoms with E-state index in [1.54, 1.807) is 0 Å². The third-order valence-electron chi connectivity index (χ3n) is 1.18. The van der Waals surface area contributed by atoms with Crippen LogP contribution in [0, 0.1) is 0 Å². The lowest BCUT2D eigenvalue weighted by Crippen LogP contribution is -2.16. The van der Waals surface area contributed by atoms with Crippen LogP contribution in [0.15, 0.2) is 17.1 Å². The zero-order valence-electron chi connectivity index (χ0n) is 5.32. The van der Waals surface area contributed by atoms with E-state index in [2.05, 4.69) is 12.8 Å². The minimum atomic E-state index is -0.504. The first kappa shape index (κ1) is 8.36. The Hall–Kier alpha value is -0.740. The molecule has 1 aromatic rings. The van der Waals surface area contributed by atoms with Gasteiger partial charge in [-0.1, -0.05) is 24.4 Å². The van der Waals surface area contributed by atoms with E-state index in [1.165, 1.54) is 12.3 Å². The summed E-state index contributed by atoms with van der Waals surface area (Å²) in [5.41, 5.74) is -0.569. The Bertz CT molecular complexity index is 347. The number of halogens is 1. The van der Waals surface area contributed by atoms with Crippen molar-refractivity contribution in [3.63, 3.8) is 0 Å². The Kier molecular flexibility index (Phi) is 2.36. The van der Waals surface area contributed by atoms with Crippen molar-refractivity contribution in [1.82, 2.24) is 3.97 Å². The zero-order valence-corrected chi connectivity index (χ0v) is 6.97. The standard InChI is InChI=1S/C6H4ClNO2S/c7-5-1-2-8(11)6(10)4(5)3-9/h1-3,11H. The molecule has 0 fully saturated rings. The number of aldehydes is 1. The molecule has 0 amide bonds. The van der Waals surface area contributed by atoms with Gasteiger partial charge in [-0.05, 0) is 6.07 Å². The minimum Gasteiger partial charge on any atom is -0.298 e. The summed E-state index contributed by atoms with van der Waals surface area (Å²) in [6.45, 7) is 0. The van der Waals surface area contributed by atoms with E-state index >= 15 is 0 Å². The smallest absolute Gasteiger partial charge is 0.272 e. The Morgan fingerprint density at radius 2 is 2.27 bits per heavy atom. The van der Waals surface area contributed by atoms with Crippen molar-refractivity contribution in [2.75, 3.05) is 0 Å². The van der Waals surface area contributed by atoms with Crippen LogP contribution in [0.3, 0.4) is 0 Å². The molecule has 0 aromatic carbocycles. The van der Waals surface area contributed by atoms with E-state index in [1.807, 2.05) is 0 Å². The largest absolute Gasteiger partial charge is 0.298 e. The van der Waals surface area contributed by atoms with Crippen LogP contribution in [0.1, 0.15) is 10.4 Å². The number of hydrogen-bond donors (Lipinski definition) is 1. The fourth-order valence-corrected chi connectivity index (χ4v) is 0.982. The Labute approximate surface area is 73.1 Å². The highest BCUT2D eigenvalue weighted by Crippen LogP contribution is 2.08. The summed E-state index contributed by atoms with van der Waals surface area (Å²) in [6, 6.07) is 1.43. The van der Waals surface area contributed by atoms with Crippen molar-refractivity contribution in [3.8, 4) is 0 Å². The minimum absolute atomic E-state index is 0.0656. The van der Waals surface area contributed by atoms with Gasteiger partial charge in [0, 0.05) is 6.20 Å². The number of hydrogen-bond acceptors (Lipinski definition) is 3. The van der Waals surface area contributed by atoms with Crippen LogP contribution in [0.4, 0.5) is 0 Å². The zero-order chi connectivity index (χ0) is 8.43. The second-order valence-electron chi connectivity index (χ2n) is 1.84. The lowest BCUT2D eigenvalue weighted by molar-refractivity contribution is 0.112. The molecule has 5 heteroatoms. The normalized spacial score (nSPS) is 9.64. The van der Waals surface area contributed by atoms with E-state index in [-0.39, 0.29) is 10.6 Å².